The molecule has 2 atom stereocenters. The van der Waals surface area contributed by atoms with Gasteiger partial charge in [0.25, 0.3) is 11.8 Å². The highest BCUT2D eigenvalue weighted by atomic mass is 16.7. The maximum atomic E-state index is 11.2. The summed E-state index contributed by atoms with van der Waals surface area (Å²) < 4.78 is 0. The lowest BCUT2D eigenvalue weighted by atomic mass is 10.3. The van der Waals surface area contributed by atoms with Crippen LogP contribution in [0.5, 0.6) is 0 Å². The van der Waals surface area contributed by atoms with Gasteiger partial charge in [-0.25, -0.2) is 11.8 Å². The summed E-state index contributed by atoms with van der Waals surface area (Å²) >= 11 is 0. The zero-order chi connectivity index (χ0) is 10.0. The van der Waals surface area contributed by atoms with Gasteiger partial charge < -0.3 is 10.2 Å². The van der Waals surface area contributed by atoms with Crippen molar-refractivity contribution in [3.05, 3.63) is 0 Å². The lowest BCUT2D eigenvalue weighted by molar-refractivity contribution is -0.180. The molecule has 13 heavy (non-hydrogen) atoms. The molecule has 0 saturated carbocycles. The van der Waals surface area contributed by atoms with Gasteiger partial charge in [0.15, 0.2) is 0 Å². The number of carbonyl (C=O) groups excluding carboxylic acids is 2. The van der Waals surface area contributed by atoms with Crippen LogP contribution in [-0.2, 0) is 19.3 Å². The Labute approximate surface area is 73.6 Å². The van der Waals surface area contributed by atoms with Crippen LogP contribution in [0.25, 0.3) is 0 Å². The van der Waals surface area contributed by atoms with Crippen LogP contribution in [0.4, 0.5) is 0 Å². The number of hydrogen-bond donors (Lipinski definition) is 3. The number of carbonyl (C=O) groups is 2. The van der Waals surface area contributed by atoms with Gasteiger partial charge in [0.05, 0.1) is 0 Å². The number of amides is 2. The van der Waals surface area contributed by atoms with Gasteiger partial charge in [-0.05, 0) is 0 Å². The minimum atomic E-state index is -1.18. The van der Waals surface area contributed by atoms with Crippen LogP contribution < -0.4 is 17.1 Å². The van der Waals surface area contributed by atoms with Gasteiger partial charge in [0.1, 0.15) is 0 Å². The molecule has 0 spiro atoms. The highest BCUT2D eigenvalue weighted by Crippen LogP contribution is 2.06. The maximum Gasteiger partial charge on any atom is 0.276 e. The fraction of sp³-hybridized carbons (Fsp3) is 0.600. The molecule has 0 aliphatic carbocycles. The Morgan fingerprint density at radius 1 is 1.38 bits per heavy atom. The second kappa shape index (κ2) is 3.66. The minimum Gasteiger partial charge on any atom is -0.317 e. The summed E-state index contributed by atoms with van der Waals surface area (Å²) in [5.41, 5.74) is 0. The first kappa shape index (κ1) is 9.86. The first-order valence-electron chi connectivity index (χ1n) is 3.40. The van der Waals surface area contributed by atoms with Crippen LogP contribution in [0.15, 0.2) is 0 Å². The van der Waals surface area contributed by atoms with Gasteiger partial charge >= 0.3 is 0 Å². The Hall–Kier alpha value is -1.22. The van der Waals surface area contributed by atoms with Crippen molar-refractivity contribution < 1.29 is 19.3 Å². The lowest BCUT2D eigenvalue weighted by Gasteiger charge is -2.33. The van der Waals surface area contributed by atoms with Gasteiger partial charge in [-0.2, -0.15) is 0 Å². The second-order valence-corrected chi connectivity index (χ2v) is 2.46. The summed E-state index contributed by atoms with van der Waals surface area (Å²) in [6.45, 7) is 0. The van der Waals surface area contributed by atoms with E-state index in [1.165, 1.54) is 7.05 Å². The van der Waals surface area contributed by atoms with Crippen LogP contribution in [0, 0.1) is 0 Å². The molecule has 1 aliphatic rings. The molecule has 1 saturated heterocycles. The molecule has 0 radical (unpaired) electrons. The average molecular weight is 190 g/mol. The van der Waals surface area contributed by atoms with E-state index < -0.39 is 24.3 Å². The quantitative estimate of drug-likeness (QED) is 0.399. The molecule has 1 heterocycles. The van der Waals surface area contributed by atoms with E-state index in [0.29, 0.717) is 0 Å². The van der Waals surface area contributed by atoms with E-state index in [4.69, 9.17) is 11.8 Å². The molecule has 0 bridgehead atoms. The highest BCUT2D eigenvalue weighted by molar-refractivity contribution is 5.95. The highest BCUT2D eigenvalue weighted by Gasteiger charge is 2.39. The van der Waals surface area contributed by atoms with Gasteiger partial charge in [0, 0.05) is 7.05 Å². The van der Waals surface area contributed by atoms with Gasteiger partial charge in [-0.3, -0.25) is 19.3 Å². The SMILES string of the molecule is CN1C(=O)C(ON)NC(=O)C1ON. The number of nitrogens with two attached hydrogens (primary N) is 2. The Morgan fingerprint density at radius 2 is 2.00 bits per heavy atom. The maximum absolute atomic E-state index is 11.2. The summed E-state index contributed by atoms with van der Waals surface area (Å²) in [5.74, 6) is 8.46. The third-order valence-corrected chi connectivity index (χ3v) is 1.69. The van der Waals surface area contributed by atoms with Crippen LogP contribution in [0.2, 0.25) is 0 Å². The average Bonchev–Trinajstić information content (AvgIpc) is 2.12. The van der Waals surface area contributed by atoms with Crippen LogP contribution in [0.3, 0.4) is 0 Å². The van der Waals surface area contributed by atoms with E-state index in [0.717, 1.165) is 4.90 Å². The van der Waals surface area contributed by atoms with Crippen molar-refractivity contribution in [2.24, 2.45) is 11.8 Å². The summed E-state index contributed by atoms with van der Waals surface area (Å²) in [7, 11) is 1.35. The van der Waals surface area contributed by atoms with Crippen molar-refractivity contribution in [2.45, 2.75) is 12.5 Å². The Morgan fingerprint density at radius 3 is 2.46 bits per heavy atom. The molecule has 1 fully saturated rings. The first-order valence-corrected chi connectivity index (χ1v) is 3.40. The van der Waals surface area contributed by atoms with Crippen molar-refractivity contribution in [1.29, 1.82) is 0 Å². The summed E-state index contributed by atoms with van der Waals surface area (Å²) in [6.07, 6.45) is -2.32. The Bertz CT molecular complexity index is 233. The molecule has 0 aromatic heterocycles. The standard InChI is InChI=1S/C5H10N4O4/c1-9-4(11)3(12-6)8-2(10)5(9)13-7/h3,5H,6-7H2,1H3,(H,8,10). The van der Waals surface area contributed by atoms with Crippen LogP contribution >= 0.6 is 0 Å². The summed E-state index contributed by atoms with van der Waals surface area (Å²) in [4.78, 5) is 31.8. The third-order valence-electron chi connectivity index (χ3n) is 1.69. The monoisotopic (exact) mass is 190 g/mol. The molecule has 1 aliphatic heterocycles. The topological polar surface area (TPSA) is 120 Å². The van der Waals surface area contributed by atoms with Gasteiger partial charge in [0.2, 0.25) is 12.5 Å². The smallest absolute Gasteiger partial charge is 0.276 e. The van der Waals surface area contributed by atoms with Gasteiger partial charge in [-0.15, -0.1) is 0 Å². The lowest BCUT2D eigenvalue weighted by Crippen LogP contribution is -2.64. The minimum absolute atomic E-state index is 0.530. The zero-order valence-corrected chi connectivity index (χ0v) is 6.89. The molecule has 5 N–H and O–H groups in total. The van der Waals surface area contributed by atoms with Crippen molar-refractivity contribution in [3.8, 4) is 0 Å². The molecule has 2 amide bonds. The number of rotatable bonds is 2. The molecular formula is C5H10N4O4. The van der Waals surface area contributed by atoms with Crippen molar-refractivity contribution in [3.63, 3.8) is 0 Å². The fourth-order valence-electron chi connectivity index (χ4n) is 0.984. The Kier molecular flexibility index (Phi) is 2.78. The van der Waals surface area contributed by atoms with E-state index in [9.17, 15) is 9.59 Å². The number of nitrogens with one attached hydrogen (secondary N) is 1. The van der Waals surface area contributed by atoms with E-state index in [1.807, 2.05) is 0 Å². The largest absolute Gasteiger partial charge is 0.317 e. The number of likely N-dealkylation sites (N-methyl/N-ethyl adjacent to an activating group) is 1. The summed E-state index contributed by atoms with van der Waals surface area (Å²) in [6, 6.07) is 0. The number of hydrogen-bond acceptors (Lipinski definition) is 6. The van der Waals surface area contributed by atoms with Crippen molar-refractivity contribution in [2.75, 3.05) is 7.05 Å². The molecule has 2 unspecified atom stereocenters. The second-order valence-electron chi connectivity index (χ2n) is 2.46. The molecule has 0 aromatic rings. The summed E-state index contributed by atoms with van der Waals surface area (Å²) in [5, 5.41) is 2.16. The van der Waals surface area contributed by atoms with E-state index in [-0.39, 0.29) is 0 Å². The molecule has 0 aromatic carbocycles. The zero-order valence-electron chi connectivity index (χ0n) is 6.89. The predicted octanol–water partition coefficient (Wildman–Crippen LogP) is -2.99. The third kappa shape index (κ3) is 1.60. The normalized spacial score (nSPS) is 29.0. The first-order chi connectivity index (χ1) is 6.11. The number of nitrogens with zero attached hydrogens (tertiary/aromatic N) is 1. The number of piperazine rings is 1. The Balaban J connectivity index is 2.78. The molecule has 8 heteroatoms. The van der Waals surface area contributed by atoms with Crippen molar-refractivity contribution in [1.82, 2.24) is 10.2 Å². The van der Waals surface area contributed by atoms with Crippen LogP contribution in [-0.4, -0.2) is 36.2 Å². The molecule has 8 nitrogen and oxygen atoms in total. The molecule has 1 rings (SSSR count). The molecular weight excluding hydrogens is 180 g/mol. The molecule has 74 valence electrons. The van der Waals surface area contributed by atoms with E-state index >= 15 is 0 Å². The van der Waals surface area contributed by atoms with E-state index in [2.05, 4.69) is 15.0 Å². The van der Waals surface area contributed by atoms with Gasteiger partial charge in [-0.1, -0.05) is 0 Å². The van der Waals surface area contributed by atoms with Crippen LogP contribution in [0.1, 0.15) is 0 Å². The fourth-order valence-corrected chi connectivity index (χ4v) is 0.984. The predicted molar refractivity (Wildman–Crippen MR) is 39.0 cm³/mol. The van der Waals surface area contributed by atoms with Crippen molar-refractivity contribution >= 4 is 11.8 Å². The van der Waals surface area contributed by atoms with E-state index in [1.54, 1.807) is 0 Å².